The van der Waals surface area contributed by atoms with Gasteiger partial charge in [0.15, 0.2) is 0 Å². The molecule has 162 valence electrons. The van der Waals surface area contributed by atoms with E-state index in [1.807, 2.05) is 27.0 Å². The zero-order chi connectivity index (χ0) is 21.9. The Morgan fingerprint density at radius 3 is 2.70 bits per heavy atom. The molecule has 2 heterocycles. The van der Waals surface area contributed by atoms with Gasteiger partial charge >= 0.3 is 0 Å². The Labute approximate surface area is 180 Å². The summed E-state index contributed by atoms with van der Waals surface area (Å²) in [5.41, 5.74) is 4.39. The van der Waals surface area contributed by atoms with Crippen LogP contribution in [0.15, 0.2) is 57.9 Å². The van der Waals surface area contributed by atoms with Crippen molar-refractivity contribution in [2.24, 2.45) is 10.2 Å². The fourth-order valence-electron chi connectivity index (χ4n) is 3.47. The number of amidine groups is 1. The van der Waals surface area contributed by atoms with E-state index in [1.54, 1.807) is 18.5 Å². The largest absolute Gasteiger partial charge is 0.445 e. The third kappa shape index (κ3) is 6.13. The molecule has 1 aromatic carbocycles. The Kier molecular flexibility index (Phi) is 9.48. The van der Waals surface area contributed by atoms with E-state index in [9.17, 15) is 0 Å². The van der Waals surface area contributed by atoms with Gasteiger partial charge in [0.1, 0.15) is 12.1 Å². The molecule has 3 rings (SSSR count). The van der Waals surface area contributed by atoms with Gasteiger partial charge in [-0.15, -0.1) is 11.7 Å². The van der Waals surface area contributed by atoms with E-state index in [1.165, 1.54) is 5.56 Å². The number of hydrogen-bond acceptors (Lipinski definition) is 5. The summed E-state index contributed by atoms with van der Waals surface area (Å²) >= 11 is 0. The number of likely N-dealkylation sites (tertiary alicyclic amines) is 1. The van der Waals surface area contributed by atoms with Crippen molar-refractivity contribution in [2.45, 2.75) is 53.0 Å². The topological polar surface area (TPSA) is 66.0 Å². The molecule has 0 spiro atoms. The summed E-state index contributed by atoms with van der Waals surface area (Å²) in [5, 5.41) is 12.5. The molecule has 0 aliphatic carbocycles. The van der Waals surface area contributed by atoms with Crippen LogP contribution in [0.1, 0.15) is 51.7 Å². The van der Waals surface area contributed by atoms with Gasteiger partial charge in [-0.05, 0) is 57.9 Å². The van der Waals surface area contributed by atoms with E-state index in [-0.39, 0.29) is 0 Å². The van der Waals surface area contributed by atoms with Crippen molar-refractivity contribution in [3.8, 4) is 11.5 Å². The van der Waals surface area contributed by atoms with Crippen LogP contribution in [0.3, 0.4) is 0 Å². The second-order valence-electron chi connectivity index (χ2n) is 7.24. The standard InChI is InChI=1S/C21H29N5O.C3H6/c1-5-16-13-17(21-23-10-12-27-21)7-8-19(16)20(6-2)25-24-15(3)26-11-9-18(14-26)22-4;1-3-2/h7-8,10,12-13,18,22H,5-6,9,11,14H2,1-4H3;3H,1H2,2H3/b24-15+,25-20+;. The predicted octanol–water partition coefficient (Wildman–Crippen LogP) is 4.92. The molecule has 0 radical (unpaired) electrons. The van der Waals surface area contributed by atoms with Gasteiger partial charge in [0, 0.05) is 30.3 Å². The highest BCUT2D eigenvalue weighted by atomic mass is 16.3. The van der Waals surface area contributed by atoms with Crippen LogP contribution in [0.4, 0.5) is 0 Å². The minimum atomic E-state index is 0.541. The van der Waals surface area contributed by atoms with Gasteiger partial charge < -0.3 is 14.6 Å². The molecule has 1 atom stereocenters. The second-order valence-corrected chi connectivity index (χ2v) is 7.24. The molecule has 0 amide bonds. The molecule has 0 bridgehead atoms. The van der Waals surface area contributed by atoms with Crippen LogP contribution in [-0.2, 0) is 6.42 Å². The Hall–Kier alpha value is -2.73. The first-order valence-corrected chi connectivity index (χ1v) is 10.7. The molecule has 0 saturated carbocycles. The average molecular weight is 410 g/mol. The van der Waals surface area contributed by atoms with Gasteiger partial charge in [-0.3, -0.25) is 0 Å². The fraction of sp³-hybridized carbons (Fsp3) is 0.458. The van der Waals surface area contributed by atoms with Crippen molar-refractivity contribution < 1.29 is 4.42 Å². The molecular weight excluding hydrogens is 374 g/mol. The molecule has 1 fully saturated rings. The number of aryl methyl sites for hydroxylation is 1. The first kappa shape index (κ1) is 23.5. The van der Waals surface area contributed by atoms with Gasteiger partial charge in [0.25, 0.3) is 0 Å². The summed E-state index contributed by atoms with van der Waals surface area (Å²) in [5.74, 6) is 1.63. The lowest BCUT2D eigenvalue weighted by atomic mass is 9.97. The lowest BCUT2D eigenvalue weighted by molar-refractivity contribution is 0.489. The number of nitrogens with one attached hydrogen (secondary N) is 1. The van der Waals surface area contributed by atoms with Gasteiger partial charge in [-0.2, -0.15) is 5.10 Å². The zero-order valence-electron chi connectivity index (χ0n) is 19.0. The Bertz CT molecular complexity index is 854. The number of hydrogen-bond donors (Lipinski definition) is 1. The third-order valence-electron chi connectivity index (χ3n) is 5.18. The average Bonchev–Trinajstić information content (AvgIpc) is 3.47. The molecule has 1 unspecified atom stereocenters. The number of oxazole rings is 1. The van der Waals surface area contributed by atoms with Crippen molar-refractivity contribution in [2.75, 3.05) is 20.1 Å². The van der Waals surface area contributed by atoms with Crippen molar-refractivity contribution in [3.05, 3.63) is 54.4 Å². The highest BCUT2D eigenvalue weighted by molar-refractivity contribution is 6.02. The van der Waals surface area contributed by atoms with Crippen LogP contribution >= 0.6 is 0 Å². The Morgan fingerprint density at radius 1 is 1.37 bits per heavy atom. The SMILES string of the molecule is C=CC.CC/C(=N\N=C(/C)N1CCC(NC)C1)c1ccc(-c2ncco2)cc1CC. The molecule has 30 heavy (non-hydrogen) atoms. The van der Waals surface area contributed by atoms with E-state index in [4.69, 9.17) is 4.42 Å². The summed E-state index contributed by atoms with van der Waals surface area (Å²) in [6.45, 7) is 13.6. The summed E-state index contributed by atoms with van der Waals surface area (Å²) in [4.78, 5) is 6.54. The van der Waals surface area contributed by atoms with Gasteiger partial charge in [-0.25, -0.2) is 4.98 Å². The van der Waals surface area contributed by atoms with Crippen LogP contribution in [0.2, 0.25) is 0 Å². The van der Waals surface area contributed by atoms with E-state index < -0.39 is 0 Å². The van der Waals surface area contributed by atoms with Crippen molar-refractivity contribution in [1.82, 2.24) is 15.2 Å². The highest BCUT2D eigenvalue weighted by Gasteiger charge is 2.21. The Balaban J connectivity index is 0.00000101. The van der Waals surface area contributed by atoms with E-state index in [2.05, 4.69) is 58.0 Å². The number of nitrogens with zero attached hydrogens (tertiary/aromatic N) is 4. The number of likely N-dealkylation sites (N-methyl/N-ethyl adjacent to an activating group) is 1. The summed E-state index contributed by atoms with van der Waals surface area (Å²) < 4.78 is 5.43. The molecule has 1 aromatic heterocycles. The van der Waals surface area contributed by atoms with Crippen LogP contribution < -0.4 is 5.32 Å². The molecule has 1 aliphatic heterocycles. The van der Waals surface area contributed by atoms with Crippen molar-refractivity contribution in [1.29, 1.82) is 0 Å². The molecule has 6 nitrogen and oxygen atoms in total. The minimum Gasteiger partial charge on any atom is -0.445 e. The fourth-order valence-corrected chi connectivity index (χ4v) is 3.47. The van der Waals surface area contributed by atoms with E-state index >= 15 is 0 Å². The first-order valence-electron chi connectivity index (χ1n) is 10.7. The normalized spacial score (nSPS) is 17.0. The maximum Gasteiger partial charge on any atom is 0.225 e. The maximum atomic E-state index is 5.43. The van der Waals surface area contributed by atoms with Crippen LogP contribution in [0, 0.1) is 0 Å². The van der Waals surface area contributed by atoms with Crippen molar-refractivity contribution in [3.63, 3.8) is 0 Å². The molecule has 2 aromatic rings. The second kappa shape index (κ2) is 12.1. The minimum absolute atomic E-state index is 0.541. The molecular formula is C24H35N5O. The predicted molar refractivity (Wildman–Crippen MR) is 126 cm³/mol. The number of aromatic nitrogens is 1. The smallest absolute Gasteiger partial charge is 0.225 e. The van der Waals surface area contributed by atoms with Gasteiger partial charge in [0.05, 0.1) is 11.9 Å². The number of rotatable bonds is 6. The summed E-state index contributed by atoms with van der Waals surface area (Å²) in [6.07, 6.45) is 7.92. The van der Waals surface area contributed by atoms with E-state index in [0.29, 0.717) is 11.9 Å². The van der Waals surface area contributed by atoms with Crippen molar-refractivity contribution >= 4 is 11.5 Å². The molecule has 1 saturated heterocycles. The van der Waals surface area contributed by atoms with Crippen LogP contribution in [-0.4, -0.2) is 47.6 Å². The lowest BCUT2D eigenvalue weighted by Crippen LogP contribution is -2.32. The molecule has 1 aliphatic rings. The Morgan fingerprint density at radius 2 is 2.13 bits per heavy atom. The monoisotopic (exact) mass is 409 g/mol. The summed E-state index contributed by atoms with van der Waals surface area (Å²) in [6, 6.07) is 6.83. The quantitative estimate of drug-likeness (QED) is 0.318. The first-order chi connectivity index (χ1) is 14.6. The van der Waals surface area contributed by atoms with Crippen LogP contribution in [0.25, 0.3) is 11.5 Å². The van der Waals surface area contributed by atoms with Gasteiger partial charge in [-0.1, -0.05) is 26.0 Å². The summed E-state index contributed by atoms with van der Waals surface area (Å²) in [7, 11) is 2.02. The maximum absolute atomic E-state index is 5.43. The number of benzene rings is 1. The highest BCUT2D eigenvalue weighted by Crippen LogP contribution is 2.23. The zero-order valence-corrected chi connectivity index (χ0v) is 19.0. The van der Waals surface area contributed by atoms with Crippen LogP contribution in [0.5, 0.6) is 0 Å². The number of allylic oxidation sites excluding steroid dienone is 1. The molecule has 1 N–H and O–H groups in total. The lowest BCUT2D eigenvalue weighted by Gasteiger charge is -2.17. The molecule has 6 heteroatoms. The third-order valence-corrected chi connectivity index (χ3v) is 5.18. The van der Waals surface area contributed by atoms with E-state index in [0.717, 1.165) is 55.0 Å². The van der Waals surface area contributed by atoms with Gasteiger partial charge in [0.2, 0.25) is 5.89 Å².